The zero-order chi connectivity index (χ0) is 19.8. The lowest BCUT2D eigenvalue weighted by Crippen LogP contribution is -2.21. The number of rotatable bonds is 9. The van der Waals surface area contributed by atoms with Gasteiger partial charge in [-0.1, -0.05) is 19.1 Å². The predicted molar refractivity (Wildman–Crippen MR) is 99.5 cm³/mol. The van der Waals surface area contributed by atoms with Crippen LogP contribution in [0.5, 0.6) is 5.75 Å². The molecule has 1 unspecified atom stereocenters. The Morgan fingerprint density at radius 1 is 1.33 bits per heavy atom. The van der Waals surface area contributed by atoms with Crippen molar-refractivity contribution in [2.75, 3.05) is 12.4 Å². The molecule has 2 rings (SSSR count). The van der Waals surface area contributed by atoms with Gasteiger partial charge in [0, 0.05) is 6.20 Å². The van der Waals surface area contributed by atoms with Gasteiger partial charge in [0.15, 0.2) is 5.57 Å². The Morgan fingerprint density at radius 2 is 2.04 bits per heavy atom. The lowest BCUT2D eigenvalue weighted by Gasteiger charge is -2.12. The molecule has 8 heteroatoms. The molecule has 1 aromatic carbocycles. The largest absolute Gasteiger partial charge is 0.497 e. The molecule has 8 nitrogen and oxygen atoms in total. The summed E-state index contributed by atoms with van der Waals surface area (Å²) >= 11 is 0. The van der Waals surface area contributed by atoms with Crippen LogP contribution >= 0.6 is 0 Å². The highest BCUT2D eigenvalue weighted by Crippen LogP contribution is 2.15. The number of benzene rings is 1. The number of nitrogens with zero attached hydrogens (tertiary/aromatic N) is 2. The van der Waals surface area contributed by atoms with Gasteiger partial charge in [0.25, 0.3) is 0 Å². The molecule has 0 aliphatic rings. The van der Waals surface area contributed by atoms with E-state index < -0.39 is 17.5 Å². The highest BCUT2D eigenvalue weighted by atomic mass is 16.5. The van der Waals surface area contributed by atoms with Crippen LogP contribution in [-0.2, 0) is 20.9 Å². The number of ether oxygens (including phenoxy) is 2. The predicted octanol–water partition coefficient (Wildman–Crippen LogP) is 2.66. The average molecular weight is 373 g/mol. The lowest BCUT2D eigenvalue weighted by atomic mass is 10.2. The van der Waals surface area contributed by atoms with Crippen LogP contribution in [0.3, 0.4) is 0 Å². The summed E-state index contributed by atoms with van der Waals surface area (Å²) in [6.07, 6.45) is 4.51. The van der Waals surface area contributed by atoms with E-state index in [4.69, 9.17) is 9.47 Å². The number of hydrogen-bond acceptors (Lipinski definition) is 6. The maximum Gasteiger partial charge on any atom is 0.347 e. The van der Waals surface area contributed by atoms with E-state index in [-0.39, 0.29) is 6.10 Å². The van der Waals surface area contributed by atoms with Gasteiger partial charge < -0.3 is 24.5 Å². The number of carbonyl (C=O) groups excluding carboxylic acids is 1. The van der Waals surface area contributed by atoms with Gasteiger partial charge >= 0.3 is 11.9 Å². The third-order valence-electron chi connectivity index (χ3n) is 3.92. The second kappa shape index (κ2) is 9.42. The molecule has 1 atom stereocenters. The fourth-order valence-electron chi connectivity index (χ4n) is 2.18. The third-order valence-corrected chi connectivity index (χ3v) is 3.92. The van der Waals surface area contributed by atoms with Crippen molar-refractivity contribution >= 4 is 17.8 Å². The quantitative estimate of drug-likeness (QED) is 0.301. The maximum atomic E-state index is 12.0. The summed E-state index contributed by atoms with van der Waals surface area (Å²) in [5.41, 5.74) is 0.531. The van der Waals surface area contributed by atoms with E-state index >= 15 is 0 Å². The van der Waals surface area contributed by atoms with Crippen molar-refractivity contribution in [3.63, 3.8) is 0 Å². The number of aromatic nitrogens is 2. The van der Waals surface area contributed by atoms with Gasteiger partial charge in [-0.05, 0) is 31.0 Å². The summed E-state index contributed by atoms with van der Waals surface area (Å²) in [5, 5.41) is 12.1. The summed E-state index contributed by atoms with van der Waals surface area (Å²) in [6.45, 7) is 4.06. The minimum atomic E-state index is -1.36. The number of hydrogen-bond donors (Lipinski definition) is 2. The van der Waals surface area contributed by atoms with Gasteiger partial charge in [-0.25, -0.2) is 14.6 Å². The van der Waals surface area contributed by atoms with Crippen molar-refractivity contribution in [2.24, 2.45) is 0 Å². The van der Waals surface area contributed by atoms with Crippen LogP contribution in [0.25, 0.3) is 0 Å². The molecule has 0 radical (unpaired) electrons. The first kappa shape index (κ1) is 20.0. The van der Waals surface area contributed by atoms with E-state index in [0.29, 0.717) is 18.8 Å². The van der Waals surface area contributed by atoms with Crippen LogP contribution < -0.4 is 10.1 Å². The van der Waals surface area contributed by atoms with Crippen LogP contribution in [0.4, 0.5) is 5.82 Å². The van der Waals surface area contributed by atoms with E-state index in [1.807, 2.05) is 31.2 Å². The smallest absolute Gasteiger partial charge is 0.347 e. The second-order valence-electron chi connectivity index (χ2n) is 5.89. The monoisotopic (exact) mass is 373 g/mol. The number of anilines is 1. The van der Waals surface area contributed by atoms with E-state index in [0.717, 1.165) is 17.5 Å². The first-order valence-electron chi connectivity index (χ1n) is 8.48. The SMILES string of the molecule is CCC(C)OC(=O)C(=CNc1cncn1Cc1ccc(OC)cc1)C(=O)O. The average Bonchev–Trinajstić information content (AvgIpc) is 3.09. The number of carbonyl (C=O) groups is 2. The van der Waals surface area contributed by atoms with Crippen molar-refractivity contribution in [1.82, 2.24) is 9.55 Å². The number of aliphatic carboxylic acids is 1. The Kier molecular flexibility index (Phi) is 6.99. The molecule has 2 N–H and O–H groups in total. The first-order chi connectivity index (χ1) is 12.9. The van der Waals surface area contributed by atoms with Gasteiger partial charge in [-0.3, -0.25) is 0 Å². The van der Waals surface area contributed by atoms with E-state index in [1.165, 1.54) is 0 Å². The van der Waals surface area contributed by atoms with Crippen molar-refractivity contribution in [1.29, 1.82) is 0 Å². The maximum absolute atomic E-state index is 12.0. The minimum Gasteiger partial charge on any atom is -0.497 e. The molecule has 0 fully saturated rings. The molecule has 1 heterocycles. The molecule has 1 aromatic heterocycles. The Labute approximate surface area is 157 Å². The molecule has 0 saturated carbocycles. The lowest BCUT2D eigenvalue weighted by molar-refractivity contribution is -0.147. The van der Waals surface area contributed by atoms with Crippen molar-refractivity contribution < 1.29 is 24.2 Å². The Bertz CT molecular complexity index is 811. The van der Waals surface area contributed by atoms with Crippen LogP contribution in [-0.4, -0.2) is 39.8 Å². The molecule has 0 amide bonds. The van der Waals surface area contributed by atoms with E-state index in [9.17, 15) is 14.7 Å². The number of imidazole rings is 1. The molecule has 0 saturated heterocycles. The van der Waals surface area contributed by atoms with Crippen molar-refractivity contribution in [3.05, 3.63) is 54.1 Å². The molecule has 0 spiro atoms. The molecule has 0 aliphatic heterocycles. The number of carboxylic acids is 1. The summed E-state index contributed by atoms with van der Waals surface area (Å²) in [4.78, 5) is 27.4. The number of carboxylic acid groups (broad SMARTS) is 1. The fourth-order valence-corrected chi connectivity index (χ4v) is 2.18. The highest BCUT2D eigenvalue weighted by molar-refractivity contribution is 6.13. The molecular formula is C19H23N3O5. The Hall–Kier alpha value is -3.29. The van der Waals surface area contributed by atoms with E-state index in [1.54, 1.807) is 31.1 Å². The zero-order valence-corrected chi connectivity index (χ0v) is 15.5. The van der Waals surface area contributed by atoms with Crippen LogP contribution in [0.15, 0.2) is 48.6 Å². The van der Waals surface area contributed by atoms with Gasteiger partial charge in [0.2, 0.25) is 0 Å². The van der Waals surface area contributed by atoms with Crippen LogP contribution in [0.2, 0.25) is 0 Å². The Morgan fingerprint density at radius 3 is 2.63 bits per heavy atom. The standard InChI is InChI=1S/C19H23N3O5/c1-4-13(2)27-19(25)16(18(23)24)9-21-17-10-20-12-22(17)11-14-5-7-15(26-3)8-6-14/h5-10,12-13,21H,4,11H2,1-3H3,(H,23,24). The normalized spacial score (nSPS) is 12.3. The molecule has 2 aromatic rings. The van der Waals surface area contributed by atoms with Crippen LogP contribution in [0, 0.1) is 0 Å². The second-order valence-corrected chi connectivity index (χ2v) is 5.89. The number of methoxy groups -OCH3 is 1. The highest BCUT2D eigenvalue weighted by Gasteiger charge is 2.21. The van der Waals surface area contributed by atoms with Crippen LogP contribution in [0.1, 0.15) is 25.8 Å². The molecule has 0 bridgehead atoms. The molecular weight excluding hydrogens is 350 g/mol. The molecule has 0 aliphatic carbocycles. The minimum absolute atomic E-state index is 0.360. The number of nitrogens with one attached hydrogen (secondary N) is 1. The summed E-state index contributed by atoms with van der Waals surface area (Å²) < 4.78 is 12.0. The first-order valence-corrected chi connectivity index (χ1v) is 8.48. The fraction of sp³-hybridized carbons (Fsp3) is 0.316. The van der Waals surface area contributed by atoms with Gasteiger partial charge in [0.1, 0.15) is 11.6 Å². The summed E-state index contributed by atoms with van der Waals surface area (Å²) in [7, 11) is 1.60. The molecule has 27 heavy (non-hydrogen) atoms. The van der Waals surface area contributed by atoms with E-state index in [2.05, 4.69) is 10.3 Å². The topological polar surface area (TPSA) is 103 Å². The van der Waals surface area contributed by atoms with Crippen molar-refractivity contribution in [2.45, 2.75) is 32.9 Å². The number of esters is 1. The van der Waals surface area contributed by atoms with Gasteiger partial charge in [-0.2, -0.15) is 0 Å². The Balaban J connectivity index is 2.12. The summed E-state index contributed by atoms with van der Waals surface area (Å²) in [5.74, 6) is -0.944. The summed E-state index contributed by atoms with van der Waals surface area (Å²) in [6, 6.07) is 7.55. The van der Waals surface area contributed by atoms with Crippen molar-refractivity contribution in [3.8, 4) is 5.75 Å². The van der Waals surface area contributed by atoms with Gasteiger partial charge in [-0.15, -0.1) is 0 Å². The van der Waals surface area contributed by atoms with Gasteiger partial charge in [0.05, 0.1) is 32.3 Å². The third kappa shape index (κ3) is 5.60. The molecule has 144 valence electrons. The zero-order valence-electron chi connectivity index (χ0n) is 15.5.